The Bertz CT molecular complexity index is 462. The lowest BCUT2D eigenvalue weighted by Gasteiger charge is -2.54. The van der Waals surface area contributed by atoms with Crippen molar-refractivity contribution < 1.29 is 0 Å². The minimum atomic E-state index is 0.0776. The summed E-state index contributed by atoms with van der Waals surface area (Å²) in [4.78, 5) is 2.80. The van der Waals surface area contributed by atoms with Crippen molar-refractivity contribution in [3.05, 3.63) is 35.9 Å². The van der Waals surface area contributed by atoms with E-state index in [0.717, 1.165) is 19.1 Å². The van der Waals surface area contributed by atoms with Gasteiger partial charge < -0.3 is 5.32 Å². The van der Waals surface area contributed by atoms with Gasteiger partial charge in [0.05, 0.1) is 5.54 Å². The molecule has 2 fully saturated rings. The molecule has 1 heterocycles. The molecule has 2 aliphatic rings. The van der Waals surface area contributed by atoms with Crippen LogP contribution in [0.5, 0.6) is 0 Å². The summed E-state index contributed by atoms with van der Waals surface area (Å²) in [7, 11) is 0. The molecule has 1 saturated carbocycles. The second-order valence-corrected chi connectivity index (χ2v) is 7.78. The summed E-state index contributed by atoms with van der Waals surface area (Å²) in [5.74, 6) is 0. The number of piperazine rings is 1. The van der Waals surface area contributed by atoms with E-state index >= 15 is 0 Å². The van der Waals surface area contributed by atoms with Crippen LogP contribution in [0.1, 0.15) is 58.4 Å². The molecule has 0 amide bonds. The van der Waals surface area contributed by atoms with Crippen molar-refractivity contribution in [1.29, 1.82) is 0 Å². The largest absolute Gasteiger partial charge is 0.305 e. The van der Waals surface area contributed by atoms with Crippen molar-refractivity contribution in [2.75, 3.05) is 13.1 Å². The van der Waals surface area contributed by atoms with E-state index in [2.05, 4.69) is 61.3 Å². The van der Waals surface area contributed by atoms with Gasteiger partial charge in [0, 0.05) is 24.7 Å². The molecule has 1 aliphatic carbocycles. The monoisotopic (exact) mass is 286 g/mol. The maximum atomic E-state index is 3.83. The molecule has 1 unspecified atom stereocenters. The van der Waals surface area contributed by atoms with Crippen LogP contribution in [-0.4, -0.2) is 29.6 Å². The Balaban J connectivity index is 1.84. The quantitative estimate of drug-likeness (QED) is 0.886. The SMILES string of the molecule is CC1(c2ccccc2)CN(C2CCCCC2)C(C)(C)CN1. The standard InChI is InChI=1S/C19H30N2/c1-18(2)14-20-19(3,16-10-6-4-7-11-16)15-21(18)17-12-8-5-9-13-17/h4,6-7,10-11,17,20H,5,8-9,12-15H2,1-3H3. The van der Waals surface area contributed by atoms with E-state index in [9.17, 15) is 0 Å². The van der Waals surface area contributed by atoms with Gasteiger partial charge in [-0.05, 0) is 39.2 Å². The van der Waals surface area contributed by atoms with Gasteiger partial charge in [-0.15, -0.1) is 0 Å². The molecule has 1 aliphatic heterocycles. The van der Waals surface area contributed by atoms with Gasteiger partial charge in [0.1, 0.15) is 0 Å². The first-order valence-corrected chi connectivity index (χ1v) is 8.59. The molecule has 0 radical (unpaired) electrons. The number of benzene rings is 1. The number of rotatable bonds is 2. The Morgan fingerprint density at radius 3 is 2.33 bits per heavy atom. The van der Waals surface area contributed by atoms with Crippen LogP contribution in [0.25, 0.3) is 0 Å². The number of nitrogens with one attached hydrogen (secondary N) is 1. The van der Waals surface area contributed by atoms with Gasteiger partial charge in [-0.2, -0.15) is 0 Å². The van der Waals surface area contributed by atoms with E-state index < -0.39 is 0 Å². The fourth-order valence-electron chi connectivity index (χ4n) is 4.14. The molecule has 116 valence electrons. The summed E-state index contributed by atoms with van der Waals surface area (Å²) in [6, 6.07) is 11.7. The Labute approximate surface area is 129 Å². The molecule has 0 spiro atoms. The zero-order valence-corrected chi connectivity index (χ0v) is 13.9. The maximum absolute atomic E-state index is 3.83. The highest BCUT2D eigenvalue weighted by Crippen LogP contribution is 2.35. The third kappa shape index (κ3) is 3.02. The number of hydrogen-bond acceptors (Lipinski definition) is 2. The summed E-state index contributed by atoms with van der Waals surface area (Å²) in [6.45, 7) is 9.36. The summed E-state index contributed by atoms with van der Waals surface area (Å²) in [6.07, 6.45) is 7.01. The van der Waals surface area contributed by atoms with E-state index in [1.165, 1.54) is 37.7 Å². The van der Waals surface area contributed by atoms with Crippen LogP contribution >= 0.6 is 0 Å². The summed E-state index contributed by atoms with van der Waals surface area (Å²) < 4.78 is 0. The molecule has 1 N–H and O–H groups in total. The Morgan fingerprint density at radius 2 is 1.67 bits per heavy atom. The average molecular weight is 286 g/mol. The average Bonchev–Trinajstić information content (AvgIpc) is 2.52. The molecule has 21 heavy (non-hydrogen) atoms. The molecule has 2 heteroatoms. The zero-order valence-electron chi connectivity index (χ0n) is 13.9. The van der Waals surface area contributed by atoms with Gasteiger partial charge in [0.15, 0.2) is 0 Å². The van der Waals surface area contributed by atoms with Crippen LogP contribution in [0.4, 0.5) is 0 Å². The van der Waals surface area contributed by atoms with Crippen molar-refractivity contribution in [3.8, 4) is 0 Å². The lowest BCUT2D eigenvalue weighted by Crippen LogP contribution is -2.68. The van der Waals surface area contributed by atoms with E-state index in [1.54, 1.807) is 0 Å². The van der Waals surface area contributed by atoms with Gasteiger partial charge in [-0.3, -0.25) is 4.90 Å². The molecule has 1 saturated heterocycles. The second kappa shape index (κ2) is 5.73. The van der Waals surface area contributed by atoms with Gasteiger partial charge in [-0.1, -0.05) is 49.6 Å². The third-order valence-electron chi connectivity index (χ3n) is 5.60. The Hall–Kier alpha value is -0.860. The van der Waals surface area contributed by atoms with Gasteiger partial charge >= 0.3 is 0 Å². The van der Waals surface area contributed by atoms with E-state index in [-0.39, 0.29) is 11.1 Å². The van der Waals surface area contributed by atoms with E-state index in [0.29, 0.717) is 0 Å². The van der Waals surface area contributed by atoms with Crippen molar-refractivity contribution >= 4 is 0 Å². The summed E-state index contributed by atoms with van der Waals surface area (Å²) in [5.41, 5.74) is 1.76. The molecule has 1 atom stereocenters. The van der Waals surface area contributed by atoms with Crippen LogP contribution in [0.2, 0.25) is 0 Å². The van der Waals surface area contributed by atoms with E-state index in [1.807, 2.05) is 0 Å². The van der Waals surface area contributed by atoms with Crippen molar-refractivity contribution in [2.45, 2.75) is 70.0 Å². The molecule has 3 rings (SSSR count). The van der Waals surface area contributed by atoms with Gasteiger partial charge in [0.25, 0.3) is 0 Å². The number of hydrogen-bond donors (Lipinski definition) is 1. The smallest absolute Gasteiger partial charge is 0.0535 e. The zero-order chi connectivity index (χ0) is 14.9. The molecule has 0 bridgehead atoms. The molecule has 2 nitrogen and oxygen atoms in total. The lowest BCUT2D eigenvalue weighted by molar-refractivity contribution is -0.0156. The minimum absolute atomic E-state index is 0.0776. The normalized spacial score (nSPS) is 31.2. The van der Waals surface area contributed by atoms with Crippen LogP contribution in [-0.2, 0) is 5.54 Å². The van der Waals surface area contributed by atoms with Crippen molar-refractivity contribution in [2.24, 2.45) is 0 Å². The molecular weight excluding hydrogens is 256 g/mol. The van der Waals surface area contributed by atoms with Crippen LogP contribution in [0.15, 0.2) is 30.3 Å². The second-order valence-electron chi connectivity index (χ2n) is 7.78. The Morgan fingerprint density at radius 1 is 1.00 bits per heavy atom. The molecule has 1 aromatic carbocycles. The predicted molar refractivity (Wildman–Crippen MR) is 89.5 cm³/mol. The van der Waals surface area contributed by atoms with Gasteiger partial charge in [-0.25, -0.2) is 0 Å². The minimum Gasteiger partial charge on any atom is -0.305 e. The Kier molecular flexibility index (Phi) is 4.11. The highest BCUT2D eigenvalue weighted by molar-refractivity contribution is 5.26. The fourth-order valence-corrected chi connectivity index (χ4v) is 4.14. The van der Waals surface area contributed by atoms with Crippen LogP contribution in [0, 0.1) is 0 Å². The van der Waals surface area contributed by atoms with E-state index in [4.69, 9.17) is 0 Å². The topological polar surface area (TPSA) is 15.3 Å². The maximum Gasteiger partial charge on any atom is 0.0535 e. The first-order valence-electron chi connectivity index (χ1n) is 8.59. The molecule has 0 aromatic heterocycles. The fraction of sp³-hybridized carbons (Fsp3) is 0.684. The lowest BCUT2D eigenvalue weighted by atomic mass is 9.81. The van der Waals surface area contributed by atoms with Crippen LogP contribution < -0.4 is 5.32 Å². The highest BCUT2D eigenvalue weighted by Gasteiger charge is 2.43. The molecule has 1 aromatic rings. The van der Waals surface area contributed by atoms with Gasteiger partial charge in [0.2, 0.25) is 0 Å². The summed E-state index contributed by atoms with van der Waals surface area (Å²) in [5, 5.41) is 3.83. The number of nitrogens with zero attached hydrogens (tertiary/aromatic N) is 1. The highest BCUT2D eigenvalue weighted by atomic mass is 15.3. The third-order valence-corrected chi connectivity index (χ3v) is 5.60. The van der Waals surface area contributed by atoms with Crippen molar-refractivity contribution in [1.82, 2.24) is 10.2 Å². The first kappa shape index (κ1) is 15.1. The first-order chi connectivity index (χ1) is 10.0. The van der Waals surface area contributed by atoms with Crippen LogP contribution in [0.3, 0.4) is 0 Å². The predicted octanol–water partition coefficient (Wildman–Crippen LogP) is 3.92. The molecular formula is C19H30N2. The summed E-state index contributed by atoms with van der Waals surface area (Å²) >= 11 is 0. The van der Waals surface area contributed by atoms with Crippen molar-refractivity contribution in [3.63, 3.8) is 0 Å².